The predicted octanol–water partition coefficient (Wildman–Crippen LogP) is 3.52. The SMILES string of the molecule is O=S1CC2(CCN(C3CCCN(c4ccc(C(F)(F)F)cc4)C3)CC2)C1. The van der Waals surface area contributed by atoms with Crippen LogP contribution in [0.4, 0.5) is 18.9 Å². The van der Waals surface area contributed by atoms with Gasteiger partial charge in [-0.25, -0.2) is 0 Å². The molecule has 0 saturated carbocycles. The third kappa shape index (κ3) is 3.65. The van der Waals surface area contributed by atoms with Crippen LogP contribution in [0.25, 0.3) is 0 Å². The Bertz CT molecular complexity index is 658. The van der Waals surface area contributed by atoms with Gasteiger partial charge < -0.3 is 4.90 Å². The smallest absolute Gasteiger partial charge is 0.370 e. The molecule has 3 heterocycles. The summed E-state index contributed by atoms with van der Waals surface area (Å²) in [4.78, 5) is 4.76. The fourth-order valence-corrected chi connectivity index (χ4v) is 6.50. The fraction of sp³-hybridized carbons (Fsp3) is 0.684. The molecule has 0 radical (unpaired) electrons. The number of rotatable bonds is 2. The second-order valence-electron chi connectivity index (χ2n) is 8.05. The van der Waals surface area contributed by atoms with Crippen LogP contribution in [0.5, 0.6) is 0 Å². The number of alkyl halides is 3. The van der Waals surface area contributed by atoms with Crippen LogP contribution in [0.1, 0.15) is 31.2 Å². The maximum Gasteiger partial charge on any atom is 0.416 e. The number of anilines is 1. The molecule has 1 aromatic rings. The van der Waals surface area contributed by atoms with Crippen molar-refractivity contribution >= 4 is 16.5 Å². The number of hydrogen-bond acceptors (Lipinski definition) is 3. The normalized spacial score (nSPS) is 27.5. The Balaban J connectivity index is 1.36. The molecule has 0 bridgehead atoms. The monoisotopic (exact) mass is 386 g/mol. The van der Waals surface area contributed by atoms with Gasteiger partial charge in [0.25, 0.3) is 0 Å². The summed E-state index contributed by atoms with van der Waals surface area (Å²) in [7, 11) is -0.591. The third-order valence-electron chi connectivity index (χ3n) is 6.27. The van der Waals surface area contributed by atoms with Crippen molar-refractivity contribution in [1.82, 2.24) is 4.90 Å². The number of halogens is 3. The number of benzene rings is 1. The highest BCUT2D eigenvalue weighted by Crippen LogP contribution is 2.41. The summed E-state index contributed by atoms with van der Waals surface area (Å²) in [6.07, 6.45) is 0.205. The first-order valence-corrected chi connectivity index (χ1v) is 10.8. The standard InChI is InChI=1S/C19H25F3N2OS/c20-19(21,22)15-3-5-16(6-4-15)24-9-1-2-17(12-24)23-10-7-18(8-11-23)13-26(25)14-18/h3-6,17H,1-2,7-14H2. The Morgan fingerprint density at radius 3 is 2.27 bits per heavy atom. The highest BCUT2D eigenvalue weighted by Gasteiger charge is 2.45. The van der Waals surface area contributed by atoms with E-state index in [0.29, 0.717) is 11.5 Å². The van der Waals surface area contributed by atoms with Crippen LogP contribution in [0, 0.1) is 5.41 Å². The molecular formula is C19H25F3N2OS. The number of nitrogens with zero attached hydrogens (tertiary/aromatic N) is 2. The van der Waals surface area contributed by atoms with Gasteiger partial charge in [-0.15, -0.1) is 0 Å². The Labute approximate surface area is 155 Å². The van der Waals surface area contributed by atoms with E-state index in [1.807, 2.05) is 0 Å². The molecule has 26 heavy (non-hydrogen) atoms. The summed E-state index contributed by atoms with van der Waals surface area (Å²) < 4.78 is 49.7. The lowest BCUT2D eigenvalue weighted by Crippen LogP contribution is -2.56. The molecule has 1 atom stereocenters. The van der Waals surface area contributed by atoms with E-state index in [2.05, 4.69) is 9.80 Å². The van der Waals surface area contributed by atoms with Gasteiger partial charge in [0.2, 0.25) is 0 Å². The lowest BCUT2D eigenvalue weighted by atomic mass is 9.80. The first-order valence-electron chi connectivity index (χ1n) is 9.36. The Hall–Kier alpha value is -1.08. The van der Waals surface area contributed by atoms with Gasteiger partial charge in [0.05, 0.1) is 5.56 Å². The average Bonchev–Trinajstić information content (AvgIpc) is 2.61. The van der Waals surface area contributed by atoms with Crippen LogP contribution >= 0.6 is 0 Å². The van der Waals surface area contributed by atoms with Crippen LogP contribution in [0.3, 0.4) is 0 Å². The van der Waals surface area contributed by atoms with E-state index < -0.39 is 22.5 Å². The van der Waals surface area contributed by atoms with Gasteiger partial charge in [-0.3, -0.25) is 9.11 Å². The average molecular weight is 386 g/mol. The molecular weight excluding hydrogens is 361 g/mol. The summed E-state index contributed by atoms with van der Waals surface area (Å²) in [5, 5.41) is 0. The zero-order valence-corrected chi connectivity index (χ0v) is 15.6. The number of likely N-dealkylation sites (tertiary alicyclic amines) is 1. The van der Waals surface area contributed by atoms with E-state index in [1.165, 1.54) is 12.1 Å². The number of piperidine rings is 2. The molecule has 3 aliphatic heterocycles. The largest absolute Gasteiger partial charge is 0.416 e. The van der Waals surface area contributed by atoms with Crippen molar-refractivity contribution in [2.45, 2.75) is 37.9 Å². The summed E-state index contributed by atoms with van der Waals surface area (Å²) in [5.74, 6) is 1.76. The second kappa shape index (κ2) is 6.82. The number of hydrogen-bond donors (Lipinski definition) is 0. The first kappa shape index (κ1) is 18.3. The van der Waals surface area contributed by atoms with Crippen molar-refractivity contribution in [3.05, 3.63) is 29.8 Å². The van der Waals surface area contributed by atoms with Crippen LogP contribution in [0.15, 0.2) is 24.3 Å². The first-order chi connectivity index (χ1) is 12.3. The van der Waals surface area contributed by atoms with Crippen LogP contribution < -0.4 is 4.90 Å². The van der Waals surface area contributed by atoms with Gasteiger partial charge in [-0.1, -0.05) is 0 Å². The van der Waals surface area contributed by atoms with E-state index in [1.54, 1.807) is 12.1 Å². The van der Waals surface area contributed by atoms with E-state index in [0.717, 1.165) is 69.1 Å². The molecule has 0 aliphatic carbocycles. The molecule has 144 valence electrons. The van der Waals surface area contributed by atoms with Gasteiger partial charge in [0.15, 0.2) is 0 Å². The highest BCUT2D eigenvalue weighted by atomic mass is 32.2. The van der Waals surface area contributed by atoms with Crippen molar-refractivity contribution in [1.29, 1.82) is 0 Å². The van der Waals surface area contributed by atoms with Crippen molar-refractivity contribution in [3.8, 4) is 0 Å². The molecule has 3 fully saturated rings. The van der Waals surface area contributed by atoms with Crippen molar-refractivity contribution < 1.29 is 17.4 Å². The molecule has 0 amide bonds. The van der Waals surface area contributed by atoms with Crippen molar-refractivity contribution in [2.75, 3.05) is 42.6 Å². The molecule has 3 aliphatic rings. The fourth-order valence-electron chi connectivity index (χ4n) is 4.64. The zero-order chi connectivity index (χ0) is 18.4. The van der Waals surface area contributed by atoms with Gasteiger partial charge in [-0.2, -0.15) is 13.2 Å². The Morgan fingerprint density at radius 2 is 1.69 bits per heavy atom. The molecule has 4 rings (SSSR count). The quantitative estimate of drug-likeness (QED) is 0.777. The zero-order valence-electron chi connectivity index (χ0n) is 14.8. The predicted molar refractivity (Wildman–Crippen MR) is 97.8 cm³/mol. The summed E-state index contributed by atoms with van der Waals surface area (Å²) >= 11 is 0. The maximum atomic E-state index is 12.7. The van der Waals surface area contributed by atoms with E-state index in [-0.39, 0.29) is 0 Å². The summed E-state index contributed by atoms with van der Waals surface area (Å²) in [6, 6.07) is 6.02. The highest BCUT2D eigenvalue weighted by molar-refractivity contribution is 7.86. The third-order valence-corrected chi connectivity index (χ3v) is 8.13. The topological polar surface area (TPSA) is 23.6 Å². The van der Waals surface area contributed by atoms with Gasteiger partial charge >= 0.3 is 6.18 Å². The van der Waals surface area contributed by atoms with Crippen LogP contribution in [-0.4, -0.2) is 52.8 Å². The van der Waals surface area contributed by atoms with Crippen molar-refractivity contribution in [2.24, 2.45) is 5.41 Å². The summed E-state index contributed by atoms with van der Waals surface area (Å²) in [5.41, 5.74) is 0.628. The Kier molecular flexibility index (Phi) is 4.80. The molecule has 1 aromatic carbocycles. The molecule has 7 heteroatoms. The summed E-state index contributed by atoms with van der Waals surface area (Å²) in [6.45, 7) is 3.90. The molecule has 0 aromatic heterocycles. The molecule has 1 unspecified atom stereocenters. The lowest BCUT2D eigenvalue weighted by molar-refractivity contribution is -0.137. The van der Waals surface area contributed by atoms with Gasteiger partial charge in [0.1, 0.15) is 0 Å². The molecule has 3 saturated heterocycles. The van der Waals surface area contributed by atoms with Crippen LogP contribution in [0.2, 0.25) is 0 Å². The minimum absolute atomic E-state index is 0.336. The van der Waals surface area contributed by atoms with Gasteiger partial charge in [-0.05, 0) is 68.5 Å². The van der Waals surface area contributed by atoms with E-state index in [9.17, 15) is 17.4 Å². The Morgan fingerprint density at radius 1 is 1.04 bits per heavy atom. The van der Waals surface area contributed by atoms with Gasteiger partial charge in [0, 0.05) is 47.1 Å². The van der Waals surface area contributed by atoms with Crippen LogP contribution in [-0.2, 0) is 17.0 Å². The molecule has 3 nitrogen and oxygen atoms in total. The van der Waals surface area contributed by atoms with E-state index >= 15 is 0 Å². The van der Waals surface area contributed by atoms with Crippen molar-refractivity contribution in [3.63, 3.8) is 0 Å². The lowest BCUT2D eigenvalue weighted by Gasteiger charge is -2.50. The second-order valence-corrected chi connectivity index (χ2v) is 9.51. The minimum atomic E-state index is -4.28. The van der Waals surface area contributed by atoms with E-state index in [4.69, 9.17) is 0 Å². The minimum Gasteiger partial charge on any atom is -0.370 e. The molecule has 1 spiro atoms. The molecule has 0 N–H and O–H groups in total. The maximum absolute atomic E-state index is 12.7.